The first kappa shape index (κ1) is 29.0. The number of aryl methyl sites for hydroxylation is 1. The van der Waals surface area contributed by atoms with Crippen LogP contribution in [0.1, 0.15) is 46.0 Å². The van der Waals surface area contributed by atoms with Crippen LogP contribution >= 0.6 is 0 Å². The Kier molecular flexibility index (Phi) is 7.15. The van der Waals surface area contributed by atoms with Crippen LogP contribution in [0.15, 0.2) is 47.5 Å². The van der Waals surface area contributed by atoms with Crippen LogP contribution in [-0.4, -0.2) is 79.4 Å². The van der Waals surface area contributed by atoms with E-state index in [0.717, 1.165) is 5.56 Å². The van der Waals surface area contributed by atoms with Crippen LogP contribution in [0.25, 0.3) is 5.76 Å². The number of phenols is 1. The Morgan fingerprint density at radius 3 is 2.50 bits per heavy atom. The topological polar surface area (TPSA) is 203 Å². The van der Waals surface area contributed by atoms with Crippen molar-refractivity contribution in [3.63, 3.8) is 0 Å². The van der Waals surface area contributed by atoms with Gasteiger partial charge in [0.1, 0.15) is 22.8 Å². The summed E-state index contributed by atoms with van der Waals surface area (Å²) in [6.07, 6.45) is 3.65. The van der Waals surface area contributed by atoms with Gasteiger partial charge in [-0.2, -0.15) is 0 Å². The van der Waals surface area contributed by atoms with Crippen molar-refractivity contribution in [1.29, 1.82) is 0 Å². The number of likely N-dealkylation sites (N-methyl/N-ethyl adjacent to an activating group) is 1. The second-order valence-electron chi connectivity index (χ2n) is 11.1. The molecule has 0 radical (unpaired) electrons. The predicted octanol–water partition coefficient (Wildman–Crippen LogP) is 0.851. The molecule has 1 aromatic carbocycles. The fourth-order valence-corrected chi connectivity index (χ4v) is 6.68. The molecule has 7 N–H and O–H groups in total. The highest BCUT2D eigenvalue weighted by Crippen LogP contribution is 2.53. The number of hydrogen-bond donors (Lipinski definition) is 6. The number of rotatable bonds is 6. The van der Waals surface area contributed by atoms with Crippen LogP contribution in [0.5, 0.6) is 5.75 Å². The van der Waals surface area contributed by atoms with Gasteiger partial charge in [-0.25, -0.2) is 0 Å². The van der Waals surface area contributed by atoms with Gasteiger partial charge in [-0.1, -0.05) is 13.0 Å². The SMILES string of the molecule is CCc1cc(CNC(=O)c2cccnc2)c(O)c2c1C[C@@H]1C[C@@H]3[C@@H](N(C)C)C(=O)C(C(N)=O)=C(O)[C@]3(O)C(=O)C1=C2O. The molecule has 1 aromatic heterocycles. The van der Waals surface area contributed by atoms with Gasteiger partial charge in [0.15, 0.2) is 11.4 Å². The average molecular weight is 577 g/mol. The molecule has 0 unspecified atom stereocenters. The molecule has 3 aliphatic rings. The first-order valence-electron chi connectivity index (χ1n) is 13.5. The molecule has 1 heterocycles. The minimum Gasteiger partial charge on any atom is -0.508 e. The Balaban J connectivity index is 1.62. The van der Waals surface area contributed by atoms with Crippen molar-refractivity contribution in [2.24, 2.45) is 17.6 Å². The number of nitrogens with one attached hydrogen (secondary N) is 1. The van der Waals surface area contributed by atoms with Crippen molar-refractivity contribution in [3.05, 3.63) is 75.3 Å². The maximum Gasteiger partial charge on any atom is 0.255 e. The van der Waals surface area contributed by atoms with E-state index in [9.17, 15) is 39.6 Å². The molecule has 42 heavy (non-hydrogen) atoms. The average Bonchev–Trinajstić information content (AvgIpc) is 2.94. The minimum atomic E-state index is -2.71. The number of Topliss-reactive ketones (excluding diaryl/α,β-unsaturated/α-hetero) is 2. The maximum atomic E-state index is 14.0. The van der Waals surface area contributed by atoms with E-state index in [1.807, 2.05) is 6.92 Å². The standard InChI is InChI=1S/C30H32N4O8/c1-4-13-8-16(12-33-29(41)14-6-5-7-32-11-14)23(35)20-17(13)9-15-10-18-22(34(2)3)25(37)21(28(31)40)27(39)30(18,42)26(38)19(15)24(20)36/h5-8,11,15,18,22,35-36,39,42H,4,9-10,12H2,1-3H3,(H2,31,40)(H,33,41)/t15-,18-,22-,30-/m1/s1. The number of amides is 2. The number of aromatic nitrogens is 1. The molecule has 3 aliphatic carbocycles. The number of nitrogens with two attached hydrogens (primary N) is 1. The highest BCUT2D eigenvalue weighted by Gasteiger charge is 2.64. The normalized spacial score (nSPS) is 25.2. The van der Waals surface area contributed by atoms with Gasteiger partial charge in [-0.15, -0.1) is 0 Å². The Hall–Kier alpha value is -4.55. The number of fused-ring (bicyclic) bond motifs is 3. The highest BCUT2D eigenvalue weighted by molar-refractivity contribution is 6.24. The van der Waals surface area contributed by atoms with E-state index in [1.165, 1.54) is 17.3 Å². The van der Waals surface area contributed by atoms with E-state index in [4.69, 9.17) is 5.73 Å². The molecule has 0 saturated heterocycles. The second-order valence-corrected chi connectivity index (χ2v) is 11.1. The quantitative estimate of drug-likeness (QED) is 0.268. The number of nitrogens with zero attached hydrogens (tertiary/aromatic N) is 2. The number of benzene rings is 1. The van der Waals surface area contributed by atoms with E-state index in [2.05, 4.69) is 10.3 Å². The van der Waals surface area contributed by atoms with E-state index in [0.29, 0.717) is 23.1 Å². The zero-order valence-corrected chi connectivity index (χ0v) is 23.3. The summed E-state index contributed by atoms with van der Waals surface area (Å²) in [5, 5.41) is 48.3. The van der Waals surface area contributed by atoms with Gasteiger partial charge in [0.25, 0.3) is 11.8 Å². The molecule has 2 aromatic rings. The molecule has 0 bridgehead atoms. The summed E-state index contributed by atoms with van der Waals surface area (Å²) in [5.41, 5.74) is 3.56. The molecule has 0 spiro atoms. The van der Waals surface area contributed by atoms with Gasteiger partial charge in [-0.05, 0) is 62.5 Å². The summed E-state index contributed by atoms with van der Waals surface area (Å²) < 4.78 is 0. The zero-order valence-electron chi connectivity index (χ0n) is 23.3. The Morgan fingerprint density at radius 2 is 1.90 bits per heavy atom. The van der Waals surface area contributed by atoms with Crippen LogP contribution < -0.4 is 11.1 Å². The Bertz CT molecular complexity index is 1600. The van der Waals surface area contributed by atoms with Crippen LogP contribution in [0.3, 0.4) is 0 Å². The smallest absolute Gasteiger partial charge is 0.255 e. The lowest BCUT2D eigenvalue weighted by atomic mass is 9.57. The fraction of sp³-hybridized carbons (Fsp3) is 0.367. The van der Waals surface area contributed by atoms with E-state index >= 15 is 0 Å². The number of carbonyl (C=O) groups is 4. The van der Waals surface area contributed by atoms with Crippen molar-refractivity contribution in [3.8, 4) is 5.75 Å². The number of aliphatic hydroxyl groups is 3. The van der Waals surface area contributed by atoms with Crippen molar-refractivity contribution in [2.75, 3.05) is 14.1 Å². The van der Waals surface area contributed by atoms with E-state index in [1.54, 1.807) is 32.3 Å². The number of phenolic OH excluding ortho intramolecular Hbond substituents is 1. The summed E-state index contributed by atoms with van der Waals surface area (Å²) in [6.45, 7) is 1.80. The van der Waals surface area contributed by atoms with E-state index < -0.39 is 64.0 Å². The molecule has 12 heteroatoms. The van der Waals surface area contributed by atoms with Gasteiger partial charge in [-0.3, -0.25) is 29.1 Å². The number of hydrogen-bond acceptors (Lipinski definition) is 10. The van der Waals surface area contributed by atoms with E-state index in [-0.39, 0.29) is 36.3 Å². The molecule has 1 saturated carbocycles. The molecular weight excluding hydrogens is 544 g/mol. The molecule has 1 fully saturated rings. The third-order valence-corrected chi connectivity index (χ3v) is 8.64. The van der Waals surface area contributed by atoms with Gasteiger partial charge in [0.2, 0.25) is 5.78 Å². The molecule has 220 valence electrons. The molecular formula is C30H32N4O8. The van der Waals surface area contributed by atoms with Crippen LogP contribution in [-0.2, 0) is 33.8 Å². The predicted molar refractivity (Wildman–Crippen MR) is 149 cm³/mol. The van der Waals surface area contributed by atoms with Gasteiger partial charge < -0.3 is 31.5 Å². The number of ketones is 2. The monoisotopic (exact) mass is 576 g/mol. The van der Waals surface area contributed by atoms with Crippen molar-refractivity contribution < 1.29 is 39.6 Å². The number of aromatic hydroxyl groups is 1. The lowest BCUT2D eigenvalue weighted by molar-refractivity contribution is -0.153. The first-order valence-corrected chi connectivity index (χ1v) is 13.5. The van der Waals surface area contributed by atoms with Crippen molar-refractivity contribution in [2.45, 2.75) is 44.4 Å². The molecule has 0 aliphatic heterocycles. The Morgan fingerprint density at radius 1 is 1.19 bits per heavy atom. The zero-order chi connectivity index (χ0) is 30.7. The Labute approximate surface area is 241 Å². The summed E-state index contributed by atoms with van der Waals surface area (Å²) >= 11 is 0. The number of pyridine rings is 1. The number of carbonyl (C=O) groups excluding carboxylic acids is 4. The third kappa shape index (κ3) is 4.17. The van der Waals surface area contributed by atoms with Gasteiger partial charge in [0, 0.05) is 36.0 Å². The van der Waals surface area contributed by atoms with Crippen molar-refractivity contribution >= 4 is 29.1 Å². The highest BCUT2D eigenvalue weighted by atomic mass is 16.3. The fourth-order valence-electron chi connectivity index (χ4n) is 6.68. The second kappa shape index (κ2) is 10.4. The minimum absolute atomic E-state index is 0.00346. The largest absolute Gasteiger partial charge is 0.508 e. The first-order chi connectivity index (χ1) is 19.8. The number of primary amides is 1. The maximum absolute atomic E-state index is 14.0. The molecule has 12 nitrogen and oxygen atoms in total. The lowest BCUT2D eigenvalue weighted by Crippen LogP contribution is -2.65. The molecule has 5 rings (SSSR count). The summed E-state index contributed by atoms with van der Waals surface area (Å²) in [6, 6.07) is 3.79. The summed E-state index contributed by atoms with van der Waals surface area (Å²) in [7, 11) is 3.10. The number of aliphatic hydroxyl groups excluding tert-OH is 2. The summed E-state index contributed by atoms with van der Waals surface area (Å²) in [5.74, 6) is -7.44. The van der Waals surface area contributed by atoms with Crippen LogP contribution in [0.4, 0.5) is 0 Å². The lowest BCUT2D eigenvalue weighted by Gasteiger charge is -2.50. The van der Waals surface area contributed by atoms with Gasteiger partial charge >= 0.3 is 0 Å². The molecule has 4 atom stereocenters. The summed E-state index contributed by atoms with van der Waals surface area (Å²) in [4.78, 5) is 57.4. The molecule has 2 amide bonds. The van der Waals surface area contributed by atoms with Crippen LogP contribution in [0, 0.1) is 11.8 Å². The van der Waals surface area contributed by atoms with Crippen molar-refractivity contribution in [1.82, 2.24) is 15.2 Å². The van der Waals surface area contributed by atoms with Crippen LogP contribution in [0.2, 0.25) is 0 Å². The third-order valence-electron chi connectivity index (χ3n) is 8.64. The van der Waals surface area contributed by atoms with Gasteiger partial charge in [0.05, 0.1) is 17.2 Å².